The number of piperidine rings is 1. The van der Waals surface area contributed by atoms with Gasteiger partial charge in [0.05, 0.1) is 7.11 Å². The van der Waals surface area contributed by atoms with E-state index in [0.29, 0.717) is 23.6 Å². The molecule has 4 rings (SSSR count). The largest absolute Gasteiger partial charge is 0.493 e. The second kappa shape index (κ2) is 13.5. The van der Waals surface area contributed by atoms with Crippen LogP contribution in [0.15, 0.2) is 72.8 Å². The summed E-state index contributed by atoms with van der Waals surface area (Å²) in [5, 5.41) is 2.90. The predicted molar refractivity (Wildman–Crippen MR) is 150 cm³/mol. The number of likely N-dealkylation sites (tertiary alicyclic amines) is 1. The van der Waals surface area contributed by atoms with Gasteiger partial charge in [-0.3, -0.25) is 9.59 Å². The molecule has 1 saturated heterocycles. The van der Waals surface area contributed by atoms with E-state index in [4.69, 9.17) is 18.9 Å². The molecule has 0 saturated carbocycles. The van der Waals surface area contributed by atoms with Gasteiger partial charge in [-0.15, -0.1) is 0 Å². The smallest absolute Gasteiger partial charge is 0.308 e. The quantitative estimate of drug-likeness (QED) is 0.216. The van der Waals surface area contributed by atoms with Crippen LogP contribution in [0, 0.1) is 0 Å². The molecule has 1 N–H and O–H groups in total. The third kappa shape index (κ3) is 8.35. The Hall–Kier alpha value is -4.30. The number of ether oxygens (including phenoxy) is 4. The highest BCUT2D eigenvalue weighted by Gasteiger charge is 2.18. The molecule has 1 aliphatic heterocycles. The van der Waals surface area contributed by atoms with Gasteiger partial charge in [0.1, 0.15) is 24.2 Å². The zero-order chi connectivity index (χ0) is 27.6. The van der Waals surface area contributed by atoms with Gasteiger partial charge in [0.15, 0.2) is 11.5 Å². The monoisotopic (exact) mass is 530 g/mol. The maximum atomic E-state index is 12.7. The predicted octanol–water partition coefficient (Wildman–Crippen LogP) is 5.32. The van der Waals surface area contributed by atoms with Crippen LogP contribution in [-0.2, 0) is 16.2 Å². The Morgan fingerprint density at radius 2 is 1.69 bits per heavy atom. The lowest BCUT2D eigenvalue weighted by molar-refractivity contribution is -0.132. The fourth-order valence-corrected chi connectivity index (χ4v) is 4.22. The van der Waals surface area contributed by atoms with Crippen LogP contribution in [0.3, 0.4) is 0 Å². The minimum atomic E-state index is -0.456. The van der Waals surface area contributed by atoms with Gasteiger partial charge in [-0.2, -0.15) is 0 Å². The van der Waals surface area contributed by atoms with Crippen LogP contribution in [0.25, 0.3) is 6.08 Å². The summed E-state index contributed by atoms with van der Waals surface area (Å²) >= 11 is 0. The van der Waals surface area contributed by atoms with E-state index in [-0.39, 0.29) is 17.8 Å². The molecule has 1 fully saturated rings. The number of para-hydroxylation sites is 1. The second-order valence-corrected chi connectivity index (χ2v) is 9.36. The average molecular weight is 531 g/mol. The zero-order valence-electron chi connectivity index (χ0n) is 22.5. The minimum absolute atomic E-state index is 0.248. The molecular weight excluding hydrogens is 496 g/mol. The Morgan fingerprint density at radius 3 is 2.41 bits per heavy atom. The SMILES string of the molecule is COc1ccc(C=CC(=O)Nc2ccccc2COc2ccc(OC3CCN(C)CC3)cc2)cc1OC(C)=O. The van der Waals surface area contributed by atoms with Gasteiger partial charge in [-0.25, -0.2) is 0 Å². The molecule has 3 aromatic rings. The average Bonchev–Trinajstić information content (AvgIpc) is 2.93. The van der Waals surface area contributed by atoms with Gasteiger partial charge >= 0.3 is 5.97 Å². The molecule has 8 nitrogen and oxygen atoms in total. The summed E-state index contributed by atoms with van der Waals surface area (Å²) in [4.78, 5) is 26.3. The van der Waals surface area contributed by atoms with Crippen molar-refractivity contribution in [3.05, 3.63) is 83.9 Å². The lowest BCUT2D eigenvalue weighted by atomic mass is 10.1. The van der Waals surface area contributed by atoms with Crippen molar-refractivity contribution >= 4 is 23.6 Å². The fraction of sp³-hybridized carbons (Fsp3) is 0.290. The lowest BCUT2D eigenvalue weighted by Crippen LogP contribution is -2.35. The van der Waals surface area contributed by atoms with Crippen LogP contribution in [0.1, 0.15) is 30.9 Å². The number of carbonyl (C=O) groups excluding carboxylic acids is 2. The highest BCUT2D eigenvalue weighted by Crippen LogP contribution is 2.29. The van der Waals surface area contributed by atoms with Crippen LogP contribution < -0.4 is 24.3 Å². The summed E-state index contributed by atoms with van der Waals surface area (Å²) in [7, 11) is 3.63. The standard InChI is InChI=1S/C31H34N2O6/c1-22(34)38-30-20-23(8-14-29(30)36-3)9-15-31(35)32-28-7-5-4-6-24(28)21-37-25-10-12-26(13-11-25)39-27-16-18-33(2)19-17-27/h4-15,20,27H,16-19,21H2,1-3H3,(H,32,35). The van der Waals surface area contributed by atoms with Crippen LogP contribution in [0.5, 0.6) is 23.0 Å². The van der Waals surface area contributed by atoms with Crippen molar-refractivity contribution in [2.75, 3.05) is 32.6 Å². The highest BCUT2D eigenvalue weighted by atomic mass is 16.6. The van der Waals surface area contributed by atoms with E-state index in [2.05, 4.69) is 17.3 Å². The summed E-state index contributed by atoms with van der Waals surface area (Å²) in [5.41, 5.74) is 2.18. The number of benzene rings is 3. The van der Waals surface area contributed by atoms with Crippen molar-refractivity contribution in [1.29, 1.82) is 0 Å². The van der Waals surface area contributed by atoms with Crippen LogP contribution in [0.2, 0.25) is 0 Å². The van der Waals surface area contributed by atoms with E-state index in [1.54, 1.807) is 24.3 Å². The number of anilines is 1. The molecular formula is C31H34N2O6. The molecule has 3 aromatic carbocycles. The normalized spacial score (nSPS) is 14.1. The molecule has 0 aromatic heterocycles. The topological polar surface area (TPSA) is 86.3 Å². The lowest BCUT2D eigenvalue weighted by Gasteiger charge is -2.29. The summed E-state index contributed by atoms with van der Waals surface area (Å²) in [6.07, 6.45) is 5.36. The molecule has 0 aliphatic carbocycles. The summed E-state index contributed by atoms with van der Waals surface area (Å²) < 4.78 is 22.5. The van der Waals surface area contributed by atoms with E-state index in [0.717, 1.165) is 43.0 Å². The van der Waals surface area contributed by atoms with E-state index < -0.39 is 5.97 Å². The van der Waals surface area contributed by atoms with E-state index in [1.807, 2.05) is 48.5 Å². The van der Waals surface area contributed by atoms with Crippen molar-refractivity contribution < 1.29 is 28.5 Å². The van der Waals surface area contributed by atoms with Crippen LogP contribution >= 0.6 is 0 Å². The number of methoxy groups -OCH3 is 1. The minimum Gasteiger partial charge on any atom is -0.493 e. The number of esters is 1. The van der Waals surface area contributed by atoms with Crippen molar-refractivity contribution in [1.82, 2.24) is 4.90 Å². The molecule has 1 aliphatic rings. The first kappa shape index (κ1) is 27.7. The molecule has 0 spiro atoms. The van der Waals surface area contributed by atoms with Gasteiger partial charge in [0.25, 0.3) is 0 Å². The Morgan fingerprint density at radius 1 is 0.974 bits per heavy atom. The third-order valence-corrected chi connectivity index (χ3v) is 6.33. The molecule has 0 unspecified atom stereocenters. The molecule has 39 heavy (non-hydrogen) atoms. The van der Waals surface area contributed by atoms with Crippen molar-refractivity contribution in [3.63, 3.8) is 0 Å². The van der Waals surface area contributed by atoms with Crippen molar-refractivity contribution in [2.24, 2.45) is 0 Å². The number of rotatable bonds is 10. The number of hydrogen-bond donors (Lipinski definition) is 1. The Labute approximate surface area is 229 Å². The summed E-state index contributed by atoms with van der Waals surface area (Å²) in [6.45, 7) is 3.71. The molecule has 204 valence electrons. The highest BCUT2D eigenvalue weighted by molar-refractivity contribution is 6.02. The molecule has 0 radical (unpaired) electrons. The van der Waals surface area contributed by atoms with Crippen LogP contribution in [-0.4, -0.2) is 50.1 Å². The molecule has 1 amide bonds. The first-order chi connectivity index (χ1) is 18.9. The van der Waals surface area contributed by atoms with Crippen molar-refractivity contribution in [3.8, 4) is 23.0 Å². The van der Waals surface area contributed by atoms with Gasteiger partial charge in [-0.05, 0) is 74.0 Å². The Bertz CT molecular complexity index is 1300. The first-order valence-corrected chi connectivity index (χ1v) is 12.9. The summed E-state index contributed by atoms with van der Waals surface area (Å²) in [6, 6.07) is 20.2. The number of amides is 1. The molecule has 0 atom stereocenters. The van der Waals surface area contributed by atoms with Crippen molar-refractivity contribution in [2.45, 2.75) is 32.5 Å². The molecule has 1 heterocycles. The van der Waals surface area contributed by atoms with Gasteiger partial charge in [0.2, 0.25) is 5.91 Å². The first-order valence-electron chi connectivity index (χ1n) is 12.9. The maximum Gasteiger partial charge on any atom is 0.308 e. The van der Waals surface area contributed by atoms with Gasteiger partial charge in [0, 0.05) is 37.3 Å². The number of nitrogens with zero attached hydrogens (tertiary/aromatic N) is 1. The van der Waals surface area contributed by atoms with E-state index in [1.165, 1.54) is 20.1 Å². The maximum absolute atomic E-state index is 12.7. The second-order valence-electron chi connectivity index (χ2n) is 9.36. The van der Waals surface area contributed by atoms with Gasteiger partial charge < -0.3 is 29.2 Å². The third-order valence-electron chi connectivity index (χ3n) is 6.33. The van der Waals surface area contributed by atoms with Gasteiger partial charge in [-0.1, -0.05) is 24.3 Å². The Balaban J connectivity index is 1.33. The van der Waals surface area contributed by atoms with Crippen LogP contribution in [0.4, 0.5) is 5.69 Å². The number of nitrogens with one attached hydrogen (secondary N) is 1. The van der Waals surface area contributed by atoms with E-state index in [9.17, 15) is 9.59 Å². The molecule has 0 bridgehead atoms. The molecule has 8 heteroatoms. The van der Waals surface area contributed by atoms with E-state index >= 15 is 0 Å². The number of carbonyl (C=O) groups is 2. The number of hydrogen-bond acceptors (Lipinski definition) is 7. The summed E-state index contributed by atoms with van der Waals surface area (Å²) in [5.74, 6) is 1.52. The fourth-order valence-electron chi connectivity index (χ4n) is 4.22. The Kier molecular flexibility index (Phi) is 9.58. The zero-order valence-corrected chi connectivity index (χ0v) is 22.5.